The van der Waals surface area contributed by atoms with Crippen LogP contribution in [-0.2, 0) is 14.6 Å². The van der Waals surface area contributed by atoms with Crippen LogP contribution in [-0.4, -0.2) is 31.9 Å². The number of amides is 1. The predicted molar refractivity (Wildman–Crippen MR) is 85.6 cm³/mol. The van der Waals surface area contributed by atoms with Crippen molar-refractivity contribution < 1.29 is 13.2 Å². The van der Waals surface area contributed by atoms with Crippen molar-refractivity contribution in [1.29, 1.82) is 0 Å². The average molecular weight is 331 g/mol. The fraction of sp³-hybridized carbons (Fsp3) is 0.500. The topological polar surface area (TPSA) is 75.3 Å². The van der Waals surface area contributed by atoms with Crippen LogP contribution >= 0.6 is 11.6 Å². The van der Waals surface area contributed by atoms with Crippen molar-refractivity contribution >= 4 is 38.7 Å². The second-order valence-electron chi connectivity index (χ2n) is 5.43. The van der Waals surface area contributed by atoms with E-state index >= 15 is 0 Å². The van der Waals surface area contributed by atoms with Gasteiger partial charge in [-0.3, -0.25) is 4.79 Å². The highest BCUT2D eigenvalue weighted by Crippen LogP contribution is 2.30. The summed E-state index contributed by atoms with van der Waals surface area (Å²) in [5, 5.41) is 5.94. The van der Waals surface area contributed by atoms with Crippen LogP contribution in [0.3, 0.4) is 0 Å². The molecule has 1 saturated carbocycles. The summed E-state index contributed by atoms with van der Waals surface area (Å²) in [5.74, 6) is -0.189. The van der Waals surface area contributed by atoms with Crippen LogP contribution in [0.15, 0.2) is 18.2 Å². The number of benzene rings is 1. The molecule has 1 aromatic carbocycles. The number of nitrogens with one attached hydrogen (secondary N) is 2. The molecule has 1 fully saturated rings. The molecule has 7 heteroatoms. The minimum atomic E-state index is -3.06. The summed E-state index contributed by atoms with van der Waals surface area (Å²) in [5.41, 5.74) is 1.30. The zero-order valence-electron chi connectivity index (χ0n) is 12.0. The maximum atomic E-state index is 11.8. The van der Waals surface area contributed by atoms with E-state index in [1.807, 2.05) is 0 Å². The zero-order chi connectivity index (χ0) is 15.6. The quantitative estimate of drug-likeness (QED) is 0.890. The molecule has 0 spiro atoms. The normalized spacial score (nSPS) is 22.0. The second-order valence-corrected chi connectivity index (χ2v) is 8.10. The van der Waals surface area contributed by atoms with E-state index in [1.165, 1.54) is 13.2 Å². The molecule has 0 saturated heterocycles. The summed E-state index contributed by atoms with van der Waals surface area (Å²) in [4.78, 5) is 11.0. The maximum absolute atomic E-state index is 11.8. The van der Waals surface area contributed by atoms with Crippen molar-refractivity contribution in [2.45, 2.75) is 37.5 Å². The minimum absolute atomic E-state index is 0.0947. The zero-order valence-corrected chi connectivity index (χ0v) is 13.6. The highest BCUT2D eigenvalue weighted by atomic mass is 35.5. The Kier molecular flexibility index (Phi) is 4.78. The Morgan fingerprint density at radius 1 is 1.33 bits per heavy atom. The molecule has 0 heterocycles. The summed E-state index contributed by atoms with van der Waals surface area (Å²) in [6.07, 6.45) is 3.69. The van der Waals surface area contributed by atoms with Crippen LogP contribution in [0.2, 0.25) is 5.02 Å². The first-order valence-corrected chi connectivity index (χ1v) is 9.13. The molecule has 0 bridgehead atoms. The van der Waals surface area contributed by atoms with Gasteiger partial charge in [0, 0.05) is 24.9 Å². The van der Waals surface area contributed by atoms with E-state index in [1.54, 1.807) is 18.2 Å². The lowest BCUT2D eigenvalue weighted by atomic mass is 10.2. The van der Waals surface area contributed by atoms with E-state index in [0.717, 1.165) is 18.5 Å². The van der Waals surface area contributed by atoms with E-state index < -0.39 is 9.84 Å². The largest absolute Gasteiger partial charge is 0.381 e. The Bertz CT molecular complexity index is 646. The van der Waals surface area contributed by atoms with Crippen LogP contribution in [0.25, 0.3) is 0 Å². The first-order valence-electron chi connectivity index (χ1n) is 6.80. The van der Waals surface area contributed by atoms with Crippen molar-refractivity contribution in [2.24, 2.45) is 0 Å². The molecular weight excluding hydrogens is 312 g/mol. The van der Waals surface area contributed by atoms with Gasteiger partial charge in [0.1, 0.15) is 0 Å². The Morgan fingerprint density at radius 3 is 2.62 bits per heavy atom. The van der Waals surface area contributed by atoms with Gasteiger partial charge < -0.3 is 10.6 Å². The summed E-state index contributed by atoms with van der Waals surface area (Å²) in [6, 6.07) is 5.10. The Morgan fingerprint density at radius 2 is 2.05 bits per heavy atom. The highest BCUT2D eigenvalue weighted by molar-refractivity contribution is 7.91. The first-order chi connectivity index (χ1) is 9.77. The van der Waals surface area contributed by atoms with Gasteiger partial charge >= 0.3 is 0 Å². The van der Waals surface area contributed by atoms with Gasteiger partial charge in [0.05, 0.1) is 16.0 Å². The van der Waals surface area contributed by atoms with E-state index in [-0.39, 0.29) is 17.2 Å². The van der Waals surface area contributed by atoms with Gasteiger partial charge in [-0.05, 0) is 37.5 Å². The van der Waals surface area contributed by atoms with E-state index in [2.05, 4.69) is 10.6 Å². The Balaban J connectivity index is 2.13. The van der Waals surface area contributed by atoms with E-state index in [0.29, 0.717) is 17.1 Å². The highest BCUT2D eigenvalue weighted by Gasteiger charge is 2.34. The lowest BCUT2D eigenvalue weighted by Crippen LogP contribution is -2.34. The Labute approximate surface area is 130 Å². The van der Waals surface area contributed by atoms with Crippen LogP contribution in [0.4, 0.5) is 11.4 Å². The molecule has 1 aliphatic rings. The maximum Gasteiger partial charge on any atom is 0.221 e. The SMILES string of the molecule is CC(=O)Nc1ccc(NC2CCCC2S(C)(=O)=O)cc1Cl. The van der Waals surface area contributed by atoms with Gasteiger partial charge in [0.2, 0.25) is 5.91 Å². The molecule has 0 radical (unpaired) electrons. The van der Waals surface area contributed by atoms with Crippen molar-refractivity contribution in [1.82, 2.24) is 0 Å². The standard InChI is InChI=1S/C14H19ClN2O3S/c1-9(18)16-12-7-6-10(8-11(12)15)17-13-4-3-5-14(13)21(2,19)20/h6-8,13-14,17H,3-5H2,1-2H3,(H,16,18). The van der Waals surface area contributed by atoms with Crippen LogP contribution < -0.4 is 10.6 Å². The molecule has 1 aliphatic carbocycles. The average Bonchev–Trinajstić information content (AvgIpc) is 2.80. The van der Waals surface area contributed by atoms with Crippen LogP contribution in [0.5, 0.6) is 0 Å². The third-order valence-electron chi connectivity index (χ3n) is 3.63. The van der Waals surface area contributed by atoms with Crippen LogP contribution in [0.1, 0.15) is 26.2 Å². The fourth-order valence-corrected chi connectivity index (χ4v) is 4.34. The van der Waals surface area contributed by atoms with Crippen molar-refractivity contribution in [3.63, 3.8) is 0 Å². The predicted octanol–water partition coefficient (Wildman–Crippen LogP) is 2.68. The number of sulfone groups is 1. The van der Waals surface area contributed by atoms with Gasteiger partial charge in [0.15, 0.2) is 9.84 Å². The monoisotopic (exact) mass is 330 g/mol. The smallest absolute Gasteiger partial charge is 0.221 e. The molecule has 1 amide bonds. The second kappa shape index (κ2) is 6.23. The number of hydrogen-bond acceptors (Lipinski definition) is 4. The van der Waals surface area contributed by atoms with Crippen molar-refractivity contribution in [2.75, 3.05) is 16.9 Å². The molecule has 2 atom stereocenters. The number of halogens is 1. The Hall–Kier alpha value is -1.27. The van der Waals surface area contributed by atoms with Gasteiger partial charge in [0.25, 0.3) is 0 Å². The van der Waals surface area contributed by atoms with Crippen molar-refractivity contribution in [3.05, 3.63) is 23.2 Å². The van der Waals surface area contributed by atoms with Gasteiger partial charge in [-0.1, -0.05) is 11.6 Å². The summed E-state index contributed by atoms with van der Waals surface area (Å²) in [7, 11) is -3.06. The number of rotatable bonds is 4. The summed E-state index contributed by atoms with van der Waals surface area (Å²) in [6.45, 7) is 1.41. The number of hydrogen-bond donors (Lipinski definition) is 2. The molecular formula is C14H19ClN2O3S. The lowest BCUT2D eigenvalue weighted by molar-refractivity contribution is -0.114. The van der Waals surface area contributed by atoms with Crippen LogP contribution in [0, 0.1) is 0 Å². The number of anilines is 2. The molecule has 2 unspecified atom stereocenters. The van der Waals surface area contributed by atoms with Crippen molar-refractivity contribution in [3.8, 4) is 0 Å². The molecule has 0 aliphatic heterocycles. The lowest BCUT2D eigenvalue weighted by Gasteiger charge is -2.21. The molecule has 2 N–H and O–H groups in total. The van der Waals surface area contributed by atoms with E-state index in [9.17, 15) is 13.2 Å². The third kappa shape index (κ3) is 4.11. The third-order valence-corrected chi connectivity index (χ3v) is 5.61. The summed E-state index contributed by atoms with van der Waals surface area (Å²) < 4.78 is 23.5. The molecule has 116 valence electrons. The molecule has 5 nitrogen and oxygen atoms in total. The number of carbonyl (C=O) groups excluding carboxylic acids is 1. The molecule has 2 rings (SSSR count). The first kappa shape index (κ1) is 16.1. The molecule has 1 aromatic rings. The molecule has 21 heavy (non-hydrogen) atoms. The van der Waals surface area contributed by atoms with Gasteiger partial charge in [-0.25, -0.2) is 8.42 Å². The van der Waals surface area contributed by atoms with Gasteiger partial charge in [-0.2, -0.15) is 0 Å². The number of carbonyl (C=O) groups is 1. The fourth-order valence-electron chi connectivity index (χ4n) is 2.71. The van der Waals surface area contributed by atoms with Gasteiger partial charge in [-0.15, -0.1) is 0 Å². The van der Waals surface area contributed by atoms with E-state index in [4.69, 9.17) is 11.6 Å². The molecule has 0 aromatic heterocycles. The summed E-state index contributed by atoms with van der Waals surface area (Å²) >= 11 is 6.11. The minimum Gasteiger partial charge on any atom is -0.381 e.